The Labute approximate surface area is 146 Å². The standard InChI is InChI=1S/C22H30N2/c1-2-3-11-20(23)14-15-24(21-12-5-4-6-13-21)22-16-18-9-7-8-10-19(18)17-22/h4-10,12-13,20,22H,2-3,11,14-17,23H2,1H3. The first-order valence-corrected chi connectivity index (χ1v) is 9.42. The second-order valence-electron chi connectivity index (χ2n) is 7.05. The summed E-state index contributed by atoms with van der Waals surface area (Å²) in [5, 5.41) is 0. The van der Waals surface area contributed by atoms with Crippen molar-refractivity contribution in [3.8, 4) is 0 Å². The van der Waals surface area contributed by atoms with E-state index in [1.807, 2.05) is 0 Å². The van der Waals surface area contributed by atoms with Crippen LogP contribution in [0, 0.1) is 0 Å². The van der Waals surface area contributed by atoms with Crippen LogP contribution in [-0.2, 0) is 12.8 Å². The van der Waals surface area contributed by atoms with E-state index in [2.05, 4.69) is 66.4 Å². The van der Waals surface area contributed by atoms with Crippen LogP contribution in [0.4, 0.5) is 5.69 Å². The summed E-state index contributed by atoms with van der Waals surface area (Å²) in [5.74, 6) is 0. The third kappa shape index (κ3) is 4.18. The lowest BCUT2D eigenvalue weighted by Gasteiger charge is -2.32. The molecule has 2 aromatic rings. The van der Waals surface area contributed by atoms with Crippen LogP contribution in [0.5, 0.6) is 0 Å². The molecule has 0 saturated heterocycles. The van der Waals surface area contributed by atoms with E-state index in [0.29, 0.717) is 12.1 Å². The molecule has 0 bridgehead atoms. The van der Waals surface area contributed by atoms with Crippen LogP contribution in [-0.4, -0.2) is 18.6 Å². The monoisotopic (exact) mass is 322 g/mol. The summed E-state index contributed by atoms with van der Waals surface area (Å²) in [7, 11) is 0. The predicted octanol–water partition coefficient (Wildman–Crippen LogP) is 4.57. The molecule has 2 aromatic carbocycles. The Morgan fingerprint density at radius 3 is 2.21 bits per heavy atom. The average molecular weight is 322 g/mol. The van der Waals surface area contributed by atoms with Crippen molar-refractivity contribution in [3.05, 3.63) is 65.7 Å². The van der Waals surface area contributed by atoms with Gasteiger partial charge in [0, 0.05) is 24.3 Å². The van der Waals surface area contributed by atoms with Crippen molar-refractivity contribution in [2.45, 2.75) is 57.5 Å². The Bertz CT molecular complexity index is 598. The molecule has 3 rings (SSSR count). The lowest BCUT2D eigenvalue weighted by Crippen LogP contribution is -2.39. The van der Waals surface area contributed by atoms with Crippen LogP contribution < -0.4 is 10.6 Å². The van der Waals surface area contributed by atoms with Gasteiger partial charge in [-0.1, -0.05) is 62.2 Å². The summed E-state index contributed by atoms with van der Waals surface area (Å²) in [6.07, 6.45) is 6.98. The predicted molar refractivity (Wildman–Crippen MR) is 104 cm³/mol. The SMILES string of the molecule is CCCCC(N)CCN(c1ccccc1)C1Cc2ccccc2C1. The number of hydrogen-bond donors (Lipinski definition) is 1. The van der Waals surface area contributed by atoms with Gasteiger partial charge in [-0.05, 0) is 48.9 Å². The van der Waals surface area contributed by atoms with Crippen molar-refractivity contribution in [1.29, 1.82) is 0 Å². The molecule has 0 saturated carbocycles. The molecule has 128 valence electrons. The van der Waals surface area contributed by atoms with E-state index in [9.17, 15) is 0 Å². The van der Waals surface area contributed by atoms with Gasteiger partial charge in [0.1, 0.15) is 0 Å². The zero-order chi connectivity index (χ0) is 16.8. The van der Waals surface area contributed by atoms with E-state index in [1.165, 1.54) is 29.7 Å². The molecular weight excluding hydrogens is 292 g/mol. The number of nitrogens with two attached hydrogens (primary N) is 1. The first kappa shape index (κ1) is 17.0. The van der Waals surface area contributed by atoms with Gasteiger partial charge in [0.2, 0.25) is 0 Å². The summed E-state index contributed by atoms with van der Waals surface area (Å²) >= 11 is 0. The molecule has 2 heteroatoms. The van der Waals surface area contributed by atoms with E-state index in [-0.39, 0.29) is 0 Å². The Kier molecular flexibility index (Phi) is 5.92. The molecular formula is C22H30N2. The first-order valence-electron chi connectivity index (χ1n) is 9.42. The van der Waals surface area contributed by atoms with Crippen molar-refractivity contribution in [2.75, 3.05) is 11.4 Å². The maximum atomic E-state index is 6.34. The topological polar surface area (TPSA) is 29.3 Å². The third-order valence-electron chi connectivity index (χ3n) is 5.23. The van der Waals surface area contributed by atoms with Crippen LogP contribution in [0.3, 0.4) is 0 Å². The lowest BCUT2D eigenvalue weighted by molar-refractivity contribution is 0.513. The Hall–Kier alpha value is -1.80. The fourth-order valence-corrected chi connectivity index (χ4v) is 3.81. The summed E-state index contributed by atoms with van der Waals surface area (Å²) in [5.41, 5.74) is 10.7. The first-order chi connectivity index (χ1) is 11.8. The number of anilines is 1. The van der Waals surface area contributed by atoms with E-state index >= 15 is 0 Å². The number of fused-ring (bicyclic) bond motifs is 1. The highest BCUT2D eigenvalue weighted by Crippen LogP contribution is 2.29. The van der Waals surface area contributed by atoms with Crippen LogP contribution in [0.1, 0.15) is 43.7 Å². The van der Waals surface area contributed by atoms with Gasteiger partial charge in [0.05, 0.1) is 0 Å². The van der Waals surface area contributed by atoms with Crippen LogP contribution in [0.2, 0.25) is 0 Å². The van der Waals surface area contributed by atoms with Gasteiger partial charge >= 0.3 is 0 Å². The van der Waals surface area contributed by atoms with Gasteiger partial charge in [-0.2, -0.15) is 0 Å². The highest BCUT2D eigenvalue weighted by Gasteiger charge is 2.26. The maximum Gasteiger partial charge on any atom is 0.0370 e. The van der Waals surface area contributed by atoms with Crippen LogP contribution >= 0.6 is 0 Å². The van der Waals surface area contributed by atoms with Gasteiger partial charge in [-0.25, -0.2) is 0 Å². The fraction of sp³-hybridized carbons (Fsp3) is 0.455. The Balaban J connectivity index is 1.70. The van der Waals surface area contributed by atoms with Gasteiger partial charge in [-0.15, -0.1) is 0 Å². The smallest absolute Gasteiger partial charge is 0.0370 e. The number of nitrogens with zero attached hydrogens (tertiary/aromatic N) is 1. The van der Waals surface area contributed by atoms with Gasteiger partial charge < -0.3 is 10.6 Å². The molecule has 0 aromatic heterocycles. The summed E-state index contributed by atoms with van der Waals surface area (Å²) in [6.45, 7) is 3.28. The van der Waals surface area contributed by atoms with Crippen LogP contribution in [0.15, 0.2) is 54.6 Å². The summed E-state index contributed by atoms with van der Waals surface area (Å²) < 4.78 is 0. The number of hydrogen-bond acceptors (Lipinski definition) is 2. The largest absolute Gasteiger partial charge is 0.368 e. The molecule has 0 spiro atoms. The maximum absolute atomic E-state index is 6.34. The minimum Gasteiger partial charge on any atom is -0.368 e. The highest BCUT2D eigenvalue weighted by atomic mass is 15.2. The van der Waals surface area contributed by atoms with Crippen molar-refractivity contribution in [1.82, 2.24) is 0 Å². The minimum atomic E-state index is 0.319. The molecule has 1 unspecified atom stereocenters. The van der Waals surface area contributed by atoms with Crippen molar-refractivity contribution in [3.63, 3.8) is 0 Å². The summed E-state index contributed by atoms with van der Waals surface area (Å²) in [6, 6.07) is 20.6. The van der Waals surface area contributed by atoms with E-state index in [1.54, 1.807) is 0 Å². The molecule has 24 heavy (non-hydrogen) atoms. The number of para-hydroxylation sites is 1. The van der Waals surface area contributed by atoms with E-state index in [4.69, 9.17) is 5.73 Å². The molecule has 1 aliphatic carbocycles. The second-order valence-corrected chi connectivity index (χ2v) is 7.05. The second kappa shape index (κ2) is 8.34. The lowest BCUT2D eigenvalue weighted by atomic mass is 10.1. The zero-order valence-corrected chi connectivity index (χ0v) is 14.8. The Morgan fingerprint density at radius 2 is 1.58 bits per heavy atom. The minimum absolute atomic E-state index is 0.319. The average Bonchev–Trinajstić information content (AvgIpc) is 3.04. The molecule has 0 fully saturated rings. The highest BCUT2D eigenvalue weighted by molar-refractivity contribution is 5.49. The van der Waals surface area contributed by atoms with E-state index in [0.717, 1.165) is 32.2 Å². The number of benzene rings is 2. The molecule has 0 heterocycles. The zero-order valence-electron chi connectivity index (χ0n) is 14.8. The Morgan fingerprint density at radius 1 is 0.958 bits per heavy atom. The molecule has 1 atom stereocenters. The fourth-order valence-electron chi connectivity index (χ4n) is 3.81. The van der Waals surface area contributed by atoms with E-state index < -0.39 is 0 Å². The van der Waals surface area contributed by atoms with Gasteiger partial charge in [0.25, 0.3) is 0 Å². The van der Waals surface area contributed by atoms with Crippen molar-refractivity contribution < 1.29 is 0 Å². The van der Waals surface area contributed by atoms with Gasteiger partial charge in [0.15, 0.2) is 0 Å². The van der Waals surface area contributed by atoms with Crippen LogP contribution in [0.25, 0.3) is 0 Å². The molecule has 2 N–H and O–H groups in total. The normalized spacial score (nSPS) is 15.2. The van der Waals surface area contributed by atoms with Crippen molar-refractivity contribution in [2.24, 2.45) is 5.73 Å². The molecule has 0 aliphatic heterocycles. The molecule has 0 amide bonds. The molecule has 1 aliphatic rings. The van der Waals surface area contributed by atoms with Gasteiger partial charge in [-0.3, -0.25) is 0 Å². The number of rotatable bonds is 8. The number of unbranched alkanes of at least 4 members (excludes halogenated alkanes) is 1. The third-order valence-corrected chi connectivity index (χ3v) is 5.23. The quantitative estimate of drug-likeness (QED) is 0.771. The molecule has 2 nitrogen and oxygen atoms in total. The molecule has 0 radical (unpaired) electrons. The van der Waals surface area contributed by atoms with Crippen molar-refractivity contribution >= 4 is 5.69 Å². The summed E-state index contributed by atoms with van der Waals surface area (Å²) in [4.78, 5) is 2.59.